The van der Waals surface area contributed by atoms with Crippen molar-refractivity contribution in [1.82, 2.24) is 14.1 Å². The van der Waals surface area contributed by atoms with Gasteiger partial charge in [0.25, 0.3) is 0 Å². The molecule has 0 radical (unpaired) electrons. The molecule has 2 aromatic rings. The molecule has 3 rings (SSSR count). The zero-order chi connectivity index (χ0) is 16.1. The second kappa shape index (κ2) is 7.88. The standard InChI is InChI=1S/C16H19BrN4OS/c17-14-4-2-1-3-12(14)5-6-16(22)19-13-7-9-21(10-8-13)15-11-18-23-20-15/h1-4,11,13H,5-10H2,(H,19,22). The maximum Gasteiger partial charge on any atom is 0.220 e. The molecule has 1 amide bonds. The Morgan fingerprint density at radius 1 is 1.35 bits per heavy atom. The van der Waals surface area contributed by atoms with E-state index in [1.807, 2.05) is 18.2 Å². The molecule has 7 heteroatoms. The predicted octanol–water partition coefficient (Wildman–Crippen LogP) is 3.02. The van der Waals surface area contributed by atoms with E-state index < -0.39 is 0 Å². The molecule has 0 atom stereocenters. The van der Waals surface area contributed by atoms with Crippen molar-refractivity contribution in [3.63, 3.8) is 0 Å². The minimum atomic E-state index is 0.134. The molecule has 2 heterocycles. The number of anilines is 1. The van der Waals surface area contributed by atoms with Crippen LogP contribution in [0.3, 0.4) is 0 Å². The van der Waals surface area contributed by atoms with E-state index in [9.17, 15) is 4.79 Å². The summed E-state index contributed by atoms with van der Waals surface area (Å²) in [5, 5.41) is 3.16. The van der Waals surface area contributed by atoms with E-state index in [4.69, 9.17) is 0 Å². The Kier molecular flexibility index (Phi) is 5.61. The minimum Gasteiger partial charge on any atom is -0.354 e. The van der Waals surface area contributed by atoms with Crippen LogP contribution in [-0.4, -0.2) is 33.8 Å². The predicted molar refractivity (Wildman–Crippen MR) is 95.7 cm³/mol. The Bertz CT molecular complexity index is 641. The topological polar surface area (TPSA) is 58.1 Å². The van der Waals surface area contributed by atoms with Crippen molar-refractivity contribution >= 4 is 39.4 Å². The van der Waals surface area contributed by atoms with Crippen LogP contribution in [0.5, 0.6) is 0 Å². The molecular weight excluding hydrogens is 376 g/mol. The van der Waals surface area contributed by atoms with Crippen LogP contribution >= 0.6 is 27.7 Å². The maximum atomic E-state index is 12.1. The molecule has 0 bridgehead atoms. The fraction of sp³-hybridized carbons (Fsp3) is 0.438. The molecule has 0 unspecified atom stereocenters. The highest BCUT2D eigenvalue weighted by Crippen LogP contribution is 2.19. The number of aromatic nitrogens is 2. The molecule has 122 valence electrons. The first-order chi connectivity index (χ1) is 11.2. The van der Waals surface area contributed by atoms with Crippen molar-refractivity contribution < 1.29 is 4.79 Å². The van der Waals surface area contributed by atoms with Gasteiger partial charge >= 0.3 is 0 Å². The lowest BCUT2D eigenvalue weighted by molar-refractivity contribution is -0.121. The van der Waals surface area contributed by atoms with E-state index in [0.717, 1.165) is 42.6 Å². The third kappa shape index (κ3) is 4.51. The molecule has 0 aliphatic carbocycles. The number of carbonyl (C=O) groups is 1. The molecule has 1 aromatic heterocycles. The number of nitrogens with zero attached hydrogens (tertiary/aromatic N) is 3. The number of hydrogen-bond acceptors (Lipinski definition) is 5. The average Bonchev–Trinajstić information content (AvgIpc) is 3.09. The van der Waals surface area contributed by atoms with E-state index in [1.165, 1.54) is 17.3 Å². The Labute approximate surface area is 148 Å². The quantitative estimate of drug-likeness (QED) is 0.846. The van der Waals surface area contributed by atoms with Crippen molar-refractivity contribution in [3.05, 3.63) is 40.5 Å². The van der Waals surface area contributed by atoms with Gasteiger partial charge in [-0.1, -0.05) is 34.1 Å². The molecular formula is C16H19BrN4OS. The van der Waals surface area contributed by atoms with Crippen molar-refractivity contribution in [1.29, 1.82) is 0 Å². The highest BCUT2D eigenvalue weighted by molar-refractivity contribution is 9.10. The van der Waals surface area contributed by atoms with Crippen molar-refractivity contribution in [2.24, 2.45) is 0 Å². The Morgan fingerprint density at radius 2 is 2.13 bits per heavy atom. The summed E-state index contributed by atoms with van der Waals surface area (Å²) in [6.45, 7) is 1.83. The van der Waals surface area contributed by atoms with E-state index in [0.29, 0.717) is 6.42 Å². The van der Waals surface area contributed by atoms with Gasteiger partial charge in [0, 0.05) is 30.0 Å². The fourth-order valence-corrected chi connectivity index (χ4v) is 3.72. The first-order valence-electron chi connectivity index (χ1n) is 7.77. The smallest absolute Gasteiger partial charge is 0.220 e. The lowest BCUT2D eigenvalue weighted by atomic mass is 10.0. The van der Waals surface area contributed by atoms with Crippen molar-refractivity contribution in [2.75, 3.05) is 18.0 Å². The zero-order valence-electron chi connectivity index (χ0n) is 12.7. The largest absolute Gasteiger partial charge is 0.354 e. The van der Waals surface area contributed by atoms with Crippen LogP contribution in [-0.2, 0) is 11.2 Å². The second-order valence-corrected chi connectivity index (χ2v) is 7.10. The van der Waals surface area contributed by atoms with Crippen LogP contribution in [0.2, 0.25) is 0 Å². The van der Waals surface area contributed by atoms with E-state index in [1.54, 1.807) is 6.20 Å². The van der Waals surface area contributed by atoms with Gasteiger partial charge in [0.1, 0.15) is 0 Å². The van der Waals surface area contributed by atoms with Crippen LogP contribution in [0.4, 0.5) is 5.82 Å². The Balaban J connectivity index is 1.42. The normalized spacial score (nSPS) is 15.6. The summed E-state index contributed by atoms with van der Waals surface area (Å²) < 4.78 is 9.37. The van der Waals surface area contributed by atoms with Crippen LogP contribution < -0.4 is 10.2 Å². The van der Waals surface area contributed by atoms with Gasteiger partial charge < -0.3 is 10.2 Å². The van der Waals surface area contributed by atoms with Gasteiger partial charge in [0.15, 0.2) is 5.82 Å². The third-order valence-electron chi connectivity index (χ3n) is 4.11. The van der Waals surface area contributed by atoms with Crippen LogP contribution in [0.15, 0.2) is 34.9 Å². The minimum absolute atomic E-state index is 0.134. The first kappa shape index (κ1) is 16.4. The number of aryl methyl sites for hydroxylation is 1. The third-order valence-corrected chi connectivity index (χ3v) is 5.35. The fourth-order valence-electron chi connectivity index (χ4n) is 2.80. The molecule has 1 fully saturated rings. The molecule has 23 heavy (non-hydrogen) atoms. The van der Waals surface area contributed by atoms with Crippen LogP contribution in [0.1, 0.15) is 24.8 Å². The first-order valence-corrected chi connectivity index (χ1v) is 9.30. The number of piperidine rings is 1. The van der Waals surface area contributed by atoms with Crippen molar-refractivity contribution in [2.45, 2.75) is 31.7 Å². The Morgan fingerprint density at radius 3 is 2.83 bits per heavy atom. The van der Waals surface area contributed by atoms with E-state index in [2.05, 4.69) is 41.0 Å². The Hall–Kier alpha value is -1.47. The summed E-state index contributed by atoms with van der Waals surface area (Å²) in [6, 6.07) is 8.32. The summed E-state index contributed by atoms with van der Waals surface area (Å²) >= 11 is 4.76. The van der Waals surface area contributed by atoms with Gasteiger partial charge in [-0.15, -0.1) is 0 Å². The molecule has 1 aliphatic heterocycles. The number of amides is 1. The van der Waals surface area contributed by atoms with Gasteiger partial charge in [-0.25, -0.2) is 0 Å². The summed E-state index contributed by atoms with van der Waals surface area (Å²) in [6.07, 6.45) is 5.01. The number of carbonyl (C=O) groups excluding carboxylic acids is 1. The monoisotopic (exact) mass is 394 g/mol. The average molecular weight is 395 g/mol. The maximum absolute atomic E-state index is 12.1. The highest BCUT2D eigenvalue weighted by atomic mass is 79.9. The number of halogens is 1. The molecule has 5 nitrogen and oxygen atoms in total. The molecule has 0 saturated carbocycles. The summed E-state index contributed by atoms with van der Waals surface area (Å²) in [7, 11) is 0. The lowest BCUT2D eigenvalue weighted by Gasteiger charge is -2.32. The van der Waals surface area contributed by atoms with E-state index >= 15 is 0 Å². The molecule has 0 spiro atoms. The SMILES string of the molecule is O=C(CCc1ccccc1Br)NC1CCN(c2cnsn2)CC1. The second-order valence-electron chi connectivity index (χ2n) is 5.69. The van der Waals surface area contributed by atoms with Gasteiger partial charge in [0.05, 0.1) is 17.9 Å². The number of benzene rings is 1. The highest BCUT2D eigenvalue weighted by Gasteiger charge is 2.21. The van der Waals surface area contributed by atoms with Crippen molar-refractivity contribution in [3.8, 4) is 0 Å². The zero-order valence-corrected chi connectivity index (χ0v) is 15.1. The number of nitrogens with one attached hydrogen (secondary N) is 1. The number of hydrogen-bond donors (Lipinski definition) is 1. The van der Waals surface area contributed by atoms with Crippen LogP contribution in [0, 0.1) is 0 Å². The molecule has 1 saturated heterocycles. The van der Waals surface area contributed by atoms with Gasteiger partial charge in [0.2, 0.25) is 5.91 Å². The van der Waals surface area contributed by atoms with E-state index in [-0.39, 0.29) is 11.9 Å². The summed E-state index contributed by atoms with van der Waals surface area (Å²) in [5.74, 6) is 1.09. The van der Waals surface area contributed by atoms with Gasteiger partial charge in [-0.3, -0.25) is 4.79 Å². The number of rotatable bonds is 5. The molecule has 1 aliphatic rings. The molecule has 1 aromatic carbocycles. The van der Waals surface area contributed by atoms with Gasteiger partial charge in [-0.2, -0.15) is 8.75 Å². The summed E-state index contributed by atoms with van der Waals surface area (Å²) in [5.41, 5.74) is 1.17. The summed E-state index contributed by atoms with van der Waals surface area (Å²) in [4.78, 5) is 14.4. The van der Waals surface area contributed by atoms with Crippen LogP contribution in [0.25, 0.3) is 0 Å². The lowest BCUT2D eigenvalue weighted by Crippen LogP contribution is -2.44. The molecule has 1 N–H and O–H groups in total. The van der Waals surface area contributed by atoms with Gasteiger partial charge in [-0.05, 0) is 30.9 Å².